The number of nitrogens with one attached hydrogen (secondary N) is 2. The van der Waals surface area contributed by atoms with Crippen LogP contribution in [0.3, 0.4) is 0 Å². The Morgan fingerprint density at radius 3 is 2.65 bits per heavy atom. The van der Waals surface area contributed by atoms with Gasteiger partial charge in [0.2, 0.25) is 5.91 Å². The summed E-state index contributed by atoms with van der Waals surface area (Å²) in [6.07, 6.45) is 8.74. The van der Waals surface area contributed by atoms with E-state index in [-0.39, 0.29) is 30.8 Å². The number of fused-ring (bicyclic) bond motifs is 1. The Morgan fingerprint density at radius 2 is 1.87 bits per heavy atom. The summed E-state index contributed by atoms with van der Waals surface area (Å²) >= 11 is 0. The number of rotatable bonds is 5. The van der Waals surface area contributed by atoms with Crippen LogP contribution in [0.5, 0.6) is 0 Å². The van der Waals surface area contributed by atoms with Crippen LogP contribution in [0.25, 0.3) is 11.4 Å². The highest BCUT2D eigenvalue weighted by Crippen LogP contribution is 2.35. The largest absolute Gasteiger partial charge is 0.328 e. The molecular formula is C23H27N5O3. The molecule has 0 bridgehead atoms. The quantitative estimate of drug-likeness (QED) is 0.725. The minimum absolute atomic E-state index is 0.0742. The van der Waals surface area contributed by atoms with Gasteiger partial charge in [-0.25, -0.2) is 9.78 Å². The van der Waals surface area contributed by atoms with Crippen LogP contribution in [0.1, 0.15) is 50.6 Å². The SMILES string of the molecule is O=C(CCN1C(=O)NC2(CCCC2)C1=O)Nc1ccc(-c2ncc3n2CCCC3)cc1. The molecule has 31 heavy (non-hydrogen) atoms. The molecule has 1 aromatic heterocycles. The van der Waals surface area contributed by atoms with Crippen molar-refractivity contribution in [3.8, 4) is 11.4 Å². The van der Waals surface area contributed by atoms with Crippen molar-refractivity contribution in [2.45, 2.75) is 63.5 Å². The average Bonchev–Trinajstić information content (AvgIpc) is 3.47. The first kappa shape index (κ1) is 19.8. The molecule has 2 aromatic rings. The highest BCUT2D eigenvalue weighted by molar-refractivity contribution is 6.07. The van der Waals surface area contributed by atoms with Gasteiger partial charge in [-0.2, -0.15) is 0 Å². The van der Waals surface area contributed by atoms with Crippen molar-refractivity contribution >= 4 is 23.5 Å². The van der Waals surface area contributed by atoms with E-state index in [2.05, 4.69) is 20.2 Å². The van der Waals surface area contributed by atoms with E-state index in [1.807, 2.05) is 30.5 Å². The van der Waals surface area contributed by atoms with Crippen LogP contribution in [0.4, 0.5) is 10.5 Å². The maximum atomic E-state index is 12.7. The van der Waals surface area contributed by atoms with E-state index in [0.29, 0.717) is 18.5 Å². The molecule has 8 heteroatoms. The number of benzene rings is 1. The molecular weight excluding hydrogens is 394 g/mol. The zero-order valence-electron chi connectivity index (χ0n) is 17.5. The molecule has 0 radical (unpaired) electrons. The van der Waals surface area contributed by atoms with Gasteiger partial charge in [-0.3, -0.25) is 14.5 Å². The van der Waals surface area contributed by atoms with Gasteiger partial charge in [0.25, 0.3) is 5.91 Å². The van der Waals surface area contributed by atoms with Gasteiger partial charge in [0.05, 0.1) is 0 Å². The van der Waals surface area contributed by atoms with Crippen LogP contribution in [0, 0.1) is 0 Å². The second kappa shape index (κ2) is 7.83. The lowest BCUT2D eigenvalue weighted by Crippen LogP contribution is -2.44. The normalized spacial score (nSPS) is 19.5. The Kier molecular flexibility index (Phi) is 5.00. The van der Waals surface area contributed by atoms with E-state index in [9.17, 15) is 14.4 Å². The van der Waals surface area contributed by atoms with E-state index in [1.54, 1.807) is 0 Å². The fourth-order valence-electron chi connectivity index (χ4n) is 5.00. The third-order valence-electron chi connectivity index (χ3n) is 6.70. The van der Waals surface area contributed by atoms with Gasteiger partial charge < -0.3 is 15.2 Å². The summed E-state index contributed by atoms with van der Waals surface area (Å²) in [6.45, 7) is 1.09. The number of aryl methyl sites for hydroxylation is 1. The lowest BCUT2D eigenvalue weighted by molar-refractivity contribution is -0.131. The average molecular weight is 422 g/mol. The van der Waals surface area contributed by atoms with Crippen molar-refractivity contribution in [3.63, 3.8) is 0 Å². The summed E-state index contributed by atoms with van der Waals surface area (Å²) in [7, 11) is 0. The number of amides is 4. The number of imidazole rings is 1. The predicted molar refractivity (Wildman–Crippen MR) is 115 cm³/mol. The van der Waals surface area contributed by atoms with Crippen LogP contribution < -0.4 is 10.6 Å². The van der Waals surface area contributed by atoms with Gasteiger partial charge in [-0.05, 0) is 56.4 Å². The van der Waals surface area contributed by atoms with Crippen LogP contribution in [0.2, 0.25) is 0 Å². The molecule has 2 fully saturated rings. The number of aromatic nitrogens is 2. The minimum Gasteiger partial charge on any atom is -0.328 e. The molecule has 1 aromatic carbocycles. The van der Waals surface area contributed by atoms with Crippen molar-refractivity contribution in [3.05, 3.63) is 36.2 Å². The molecule has 8 nitrogen and oxygen atoms in total. The number of hydrogen-bond acceptors (Lipinski definition) is 4. The zero-order chi connectivity index (χ0) is 21.4. The number of carbonyl (C=O) groups excluding carboxylic acids is 3. The van der Waals surface area contributed by atoms with Gasteiger partial charge in [-0.1, -0.05) is 12.8 Å². The molecule has 2 aliphatic heterocycles. The molecule has 0 atom stereocenters. The van der Waals surface area contributed by atoms with Crippen LogP contribution in [0.15, 0.2) is 30.5 Å². The predicted octanol–water partition coefficient (Wildman–Crippen LogP) is 3.08. The Bertz CT molecular complexity index is 1020. The topological polar surface area (TPSA) is 96.3 Å². The molecule has 0 unspecified atom stereocenters. The smallest absolute Gasteiger partial charge is 0.325 e. The molecule has 4 amide bonds. The summed E-state index contributed by atoms with van der Waals surface area (Å²) in [5.41, 5.74) is 2.25. The molecule has 3 aliphatic rings. The lowest BCUT2D eigenvalue weighted by Gasteiger charge is -2.19. The van der Waals surface area contributed by atoms with Crippen molar-refractivity contribution in [2.75, 3.05) is 11.9 Å². The Hall–Kier alpha value is -3.16. The van der Waals surface area contributed by atoms with Crippen LogP contribution in [-0.4, -0.2) is 44.4 Å². The number of nitrogens with zero attached hydrogens (tertiary/aromatic N) is 3. The Balaban J connectivity index is 1.18. The fourth-order valence-corrected chi connectivity index (χ4v) is 5.00. The number of carbonyl (C=O) groups is 3. The van der Waals surface area contributed by atoms with E-state index < -0.39 is 5.54 Å². The first-order valence-electron chi connectivity index (χ1n) is 11.1. The molecule has 1 aliphatic carbocycles. The van der Waals surface area contributed by atoms with Crippen molar-refractivity contribution < 1.29 is 14.4 Å². The summed E-state index contributed by atoms with van der Waals surface area (Å²) in [4.78, 5) is 43.1. The Labute approximate surface area is 181 Å². The first-order valence-corrected chi connectivity index (χ1v) is 11.1. The number of urea groups is 1. The van der Waals surface area contributed by atoms with Gasteiger partial charge in [0.15, 0.2) is 0 Å². The third kappa shape index (κ3) is 3.60. The third-order valence-corrected chi connectivity index (χ3v) is 6.70. The number of hydrogen-bond donors (Lipinski definition) is 2. The number of imide groups is 1. The van der Waals surface area contributed by atoms with E-state index in [1.165, 1.54) is 23.4 Å². The second-order valence-corrected chi connectivity index (χ2v) is 8.73. The number of anilines is 1. The van der Waals surface area contributed by atoms with Crippen LogP contribution in [-0.2, 0) is 22.6 Å². The summed E-state index contributed by atoms with van der Waals surface area (Å²) < 4.78 is 2.27. The van der Waals surface area contributed by atoms with E-state index in [4.69, 9.17) is 0 Å². The minimum atomic E-state index is -0.727. The second-order valence-electron chi connectivity index (χ2n) is 8.73. The van der Waals surface area contributed by atoms with E-state index in [0.717, 1.165) is 37.2 Å². The van der Waals surface area contributed by atoms with Gasteiger partial charge >= 0.3 is 6.03 Å². The van der Waals surface area contributed by atoms with Crippen molar-refractivity contribution in [2.24, 2.45) is 0 Å². The summed E-state index contributed by atoms with van der Waals surface area (Å²) in [5, 5.41) is 5.70. The lowest BCUT2D eigenvalue weighted by atomic mass is 9.98. The first-order chi connectivity index (χ1) is 15.1. The molecule has 1 saturated heterocycles. The zero-order valence-corrected chi connectivity index (χ0v) is 17.5. The van der Waals surface area contributed by atoms with Crippen LogP contribution >= 0.6 is 0 Å². The summed E-state index contributed by atoms with van der Waals surface area (Å²) in [5.74, 6) is 0.557. The summed E-state index contributed by atoms with van der Waals surface area (Å²) in [6, 6.07) is 7.26. The van der Waals surface area contributed by atoms with Crippen molar-refractivity contribution in [1.82, 2.24) is 19.8 Å². The van der Waals surface area contributed by atoms with E-state index >= 15 is 0 Å². The highest BCUT2D eigenvalue weighted by Gasteiger charge is 2.52. The molecule has 1 saturated carbocycles. The fraction of sp³-hybridized carbons (Fsp3) is 0.478. The van der Waals surface area contributed by atoms with Gasteiger partial charge in [-0.15, -0.1) is 0 Å². The maximum Gasteiger partial charge on any atom is 0.325 e. The molecule has 5 rings (SSSR count). The molecule has 1 spiro atoms. The maximum absolute atomic E-state index is 12.7. The van der Waals surface area contributed by atoms with Crippen molar-refractivity contribution in [1.29, 1.82) is 0 Å². The standard InChI is InChI=1S/C23H27N5O3/c29-19(10-14-28-21(30)23(26-22(28)31)11-2-3-12-23)25-17-8-6-16(7-9-17)20-24-15-18-5-1-4-13-27(18)20/h6-9,15H,1-5,10-14H2,(H,25,29)(H,26,31). The monoisotopic (exact) mass is 421 g/mol. The molecule has 162 valence electrons. The highest BCUT2D eigenvalue weighted by atomic mass is 16.2. The Morgan fingerprint density at radius 1 is 1.10 bits per heavy atom. The molecule has 2 N–H and O–H groups in total. The van der Waals surface area contributed by atoms with Gasteiger partial charge in [0.1, 0.15) is 11.4 Å². The van der Waals surface area contributed by atoms with Gasteiger partial charge in [0, 0.05) is 42.7 Å². The molecule has 3 heterocycles.